The van der Waals surface area contributed by atoms with Crippen LogP contribution in [0.15, 0.2) is 18.2 Å². The first kappa shape index (κ1) is 9.84. The maximum Gasteiger partial charge on any atom is 0.233 e. The van der Waals surface area contributed by atoms with Gasteiger partial charge in [-0.05, 0) is 55.2 Å². The van der Waals surface area contributed by atoms with E-state index < -0.39 is 11.6 Å². The molecule has 76 valence electrons. The molecule has 1 aliphatic carbocycles. The van der Waals surface area contributed by atoms with E-state index in [0.717, 1.165) is 22.3 Å². The number of hydrogen-bond donors (Lipinski definition) is 0. The fourth-order valence-corrected chi connectivity index (χ4v) is 1.80. The maximum absolute atomic E-state index is 11.6. The molecule has 1 aromatic rings. The Morgan fingerprint density at radius 2 is 1.40 bits per heavy atom. The lowest BCUT2D eigenvalue weighted by atomic mass is 9.87. The van der Waals surface area contributed by atoms with Gasteiger partial charge in [0.15, 0.2) is 0 Å². The number of fused-ring (bicyclic) bond motifs is 1. The Morgan fingerprint density at radius 3 is 2.00 bits per heavy atom. The third kappa shape index (κ3) is 1.42. The van der Waals surface area contributed by atoms with Gasteiger partial charge in [0.25, 0.3) is 0 Å². The van der Waals surface area contributed by atoms with Crippen LogP contribution < -0.4 is 0 Å². The van der Waals surface area contributed by atoms with Crippen molar-refractivity contribution in [1.82, 2.24) is 0 Å². The topological polar surface area (TPSA) is 34.1 Å². The lowest BCUT2D eigenvalue weighted by molar-refractivity contribution is -0.111. The molecule has 0 aromatic heterocycles. The first-order valence-corrected chi connectivity index (χ1v) is 4.89. The lowest BCUT2D eigenvalue weighted by Crippen LogP contribution is -2.18. The molecule has 1 aromatic carbocycles. The van der Waals surface area contributed by atoms with Crippen LogP contribution in [0.25, 0.3) is 5.57 Å². The highest BCUT2D eigenvalue weighted by molar-refractivity contribution is 6.50. The van der Waals surface area contributed by atoms with Gasteiger partial charge in [0.1, 0.15) is 0 Å². The van der Waals surface area contributed by atoms with E-state index in [-0.39, 0.29) is 0 Å². The van der Waals surface area contributed by atoms with Crippen LogP contribution in [0, 0.1) is 13.8 Å². The minimum absolute atomic E-state index is 0.390. The van der Waals surface area contributed by atoms with Crippen molar-refractivity contribution in [3.63, 3.8) is 0 Å². The van der Waals surface area contributed by atoms with Gasteiger partial charge in [-0.3, -0.25) is 9.59 Å². The maximum atomic E-state index is 11.6. The molecule has 0 spiro atoms. The summed E-state index contributed by atoms with van der Waals surface area (Å²) in [4.78, 5) is 23.0. The van der Waals surface area contributed by atoms with E-state index in [4.69, 9.17) is 0 Å². The Labute approximate surface area is 88.6 Å². The molecule has 0 radical (unpaired) electrons. The minimum atomic E-state index is -0.414. The van der Waals surface area contributed by atoms with E-state index in [1.807, 2.05) is 26.8 Å². The summed E-state index contributed by atoms with van der Waals surface area (Å²) in [6.45, 7) is 5.81. The van der Waals surface area contributed by atoms with Gasteiger partial charge in [0.2, 0.25) is 11.6 Å². The zero-order valence-electron chi connectivity index (χ0n) is 9.05. The molecule has 0 N–H and O–H groups in total. The normalized spacial score (nSPS) is 15.0. The highest BCUT2D eigenvalue weighted by atomic mass is 16.2. The monoisotopic (exact) mass is 200 g/mol. The molecule has 0 atom stereocenters. The second kappa shape index (κ2) is 3.16. The highest BCUT2D eigenvalue weighted by Gasteiger charge is 2.24. The molecule has 2 heteroatoms. The Kier molecular flexibility index (Phi) is 2.07. The van der Waals surface area contributed by atoms with Gasteiger partial charge in [-0.2, -0.15) is 0 Å². The van der Waals surface area contributed by atoms with E-state index in [1.54, 1.807) is 6.07 Å². The number of benzene rings is 1. The van der Waals surface area contributed by atoms with Gasteiger partial charge in [-0.25, -0.2) is 0 Å². The zero-order chi connectivity index (χ0) is 11.2. The molecule has 1 aliphatic rings. The Morgan fingerprint density at radius 1 is 0.867 bits per heavy atom. The highest BCUT2D eigenvalue weighted by Crippen LogP contribution is 2.27. The van der Waals surface area contributed by atoms with Crippen LogP contribution in [0.2, 0.25) is 0 Å². The standard InChI is InChI=1S/C13H12O2/c1-7-4-10-9(3)6-12(14)13(15)11(10)5-8(7)2/h4-6H,1-3H3. The van der Waals surface area contributed by atoms with Gasteiger partial charge >= 0.3 is 0 Å². The summed E-state index contributed by atoms with van der Waals surface area (Å²) in [5, 5.41) is 0. The Balaban J connectivity index is 2.76. The number of Topliss-reactive ketones (excluding diaryl/α,β-unsaturated/α-hetero) is 1. The van der Waals surface area contributed by atoms with Crippen molar-refractivity contribution < 1.29 is 9.59 Å². The van der Waals surface area contributed by atoms with E-state index in [0.29, 0.717) is 5.56 Å². The fourth-order valence-electron chi connectivity index (χ4n) is 1.80. The van der Waals surface area contributed by atoms with Crippen LogP contribution in [-0.2, 0) is 4.79 Å². The first-order chi connectivity index (χ1) is 7.00. The fraction of sp³-hybridized carbons (Fsp3) is 0.231. The quantitative estimate of drug-likeness (QED) is 0.603. The summed E-state index contributed by atoms with van der Waals surface area (Å²) in [6.07, 6.45) is 1.42. The zero-order valence-corrected chi connectivity index (χ0v) is 9.05. The number of hydrogen-bond acceptors (Lipinski definition) is 2. The molecule has 0 aliphatic heterocycles. The van der Waals surface area contributed by atoms with E-state index in [2.05, 4.69) is 0 Å². The van der Waals surface area contributed by atoms with Crippen molar-refractivity contribution in [2.24, 2.45) is 0 Å². The molecular formula is C13H12O2. The summed E-state index contributed by atoms with van der Waals surface area (Å²) in [7, 11) is 0. The molecule has 0 amide bonds. The molecule has 0 saturated carbocycles. The SMILES string of the molecule is CC1=CC(=O)C(=O)c2cc(C)c(C)cc21. The molecule has 0 fully saturated rings. The first-order valence-electron chi connectivity index (χ1n) is 4.89. The molecular weight excluding hydrogens is 188 g/mol. The van der Waals surface area contributed by atoms with Crippen LogP contribution in [-0.4, -0.2) is 11.6 Å². The number of rotatable bonds is 0. The molecule has 2 nitrogen and oxygen atoms in total. The van der Waals surface area contributed by atoms with E-state index in [1.165, 1.54) is 6.08 Å². The van der Waals surface area contributed by atoms with Crippen LogP contribution in [0.1, 0.15) is 34.0 Å². The Bertz CT molecular complexity index is 508. The van der Waals surface area contributed by atoms with E-state index >= 15 is 0 Å². The average molecular weight is 200 g/mol. The summed E-state index contributed by atoms with van der Waals surface area (Å²) in [6, 6.07) is 3.78. The molecule has 0 saturated heterocycles. The van der Waals surface area contributed by atoms with Crippen molar-refractivity contribution in [3.05, 3.63) is 40.5 Å². The second-order valence-electron chi connectivity index (χ2n) is 4.00. The predicted octanol–water partition coefficient (Wildman–Crippen LogP) is 2.47. The third-order valence-corrected chi connectivity index (χ3v) is 2.87. The van der Waals surface area contributed by atoms with Gasteiger partial charge in [-0.1, -0.05) is 6.07 Å². The number of aryl methyl sites for hydroxylation is 2. The van der Waals surface area contributed by atoms with Crippen molar-refractivity contribution in [2.75, 3.05) is 0 Å². The lowest BCUT2D eigenvalue weighted by Gasteiger charge is -2.15. The number of ketones is 2. The summed E-state index contributed by atoms with van der Waals surface area (Å²) in [5.74, 6) is -0.804. The molecule has 15 heavy (non-hydrogen) atoms. The number of carbonyl (C=O) groups excluding carboxylic acids is 2. The minimum Gasteiger partial charge on any atom is -0.286 e. The van der Waals surface area contributed by atoms with Gasteiger partial charge in [0, 0.05) is 5.56 Å². The molecule has 0 unspecified atom stereocenters. The molecule has 0 bridgehead atoms. The smallest absolute Gasteiger partial charge is 0.233 e. The number of allylic oxidation sites excluding steroid dienone is 2. The predicted molar refractivity (Wildman–Crippen MR) is 58.9 cm³/mol. The van der Waals surface area contributed by atoms with Crippen LogP contribution in [0.4, 0.5) is 0 Å². The summed E-state index contributed by atoms with van der Waals surface area (Å²) >= 11 is 0. The van der Waals surface area contributed by atoms with Crippen LogP contribution in [0.5, 0.6) is 0 Å². The van der Waals surface area contributed by atoms with Crippen LogP contribution >= 0.6 is 0 Å². The number of carbonyl (C=O) groups is 2. The van der Waals surface area contributed by atoms with E-state index in [9.17, 15) is 9.59 Å². The van der Waals surface area contributed by atoms with Crippen molar-refractivity contribution in [1.29, 1.82) is 0 Å². The van der Waals surface area contributed by atoms with Crippen molar-refractivity contribution >= 4 is 17.1 Å². The Hall–Kier alpha value is -1.70. The second-order valence-corrected chi connectivity index (χ2v) is 4.00. The molecule has 0 heterocycles. The van der Waals surface area contributed by atoms with Gasteiger partial charge in [0.05, 0.1) is 0 Å². The average Bonchev–Trinajstić information content (AvgIpc) is 2.18. The summed E-state index contributed by atoms with van der Waals surface area (Å²) in [5.41, 5.74) is 4.50. The largest absolute Gasteiger partial charge is 0.286 e. The van der Waals surface area contributed by atoms with Gasteiger partial charge < -0.3 is 0 Å². The molecule has 2 rings (SSSR count). The van der Waals surface area contributed by atoms with Crippen LogP contribution in [0.3, 0.4) is 0 Å². The summed E-state index contributed by atoms with van der Waals surface area (Å²) < 4.78 is 0. The van der Waals surface area contributed by atoms with Crippen molar-refractivity contribution in [2.45, 2.75) is 20.8 Å². The van der Waals surface area contributed by atoms with Crippen molar-refractivity contribution in [3.8, 4) is 0 Å². The van der Waals surface area contributed by atoms with Gasteiger partial charge in [-0.15, -0.1) is 0 Å². The third-order valence-electron chi connectivity index (χ3n) is 2.87.